The van der Waals surface area contributed by atoms with Gasteiger partial charge in [-0.2, -0.15) is 0 Å². The van der Waals surface area contributed by atoms with Gasteiger partial charge in [-0.3, -0.25) is 14.5 Å². The molecule has 4 aromatic rings. The number of ether oxygens (including phenoxy) is 3. The molecule has 3 aromatic carbocycles. The van der Waals surface area contributed by atoms with Crippen LogP contribution in [-0.2, 0) is 9.59 Å². The predicted molar refractivity (Wildman–Crippen MR) is 137 cm³/mol. The van der Waals surface area contributed by atoms with Gasteiger partial charge in [0.05, 0.1) is 43.2 Å². The van der Waals surface area contributed by atoms with Gasteiger partial charge in [0.2, 0.25) is 0 Å². The van der Waals surface area contributed by atoms with Crippen molar-refractivity contribution in [3.05, 3.63) is 83.4 Å². The van der Waals surface area contributed by atoms with Crippen LogP contribution in [0.25, 0.3) is 16.0 Å². The second-order valence-electron chi connectivity index (χ2n) is 8.00. The number of nitrogens with zero attached hydrogens (tertiary/aromatic N) is 2. The quantitative estimate of drug-likeness (QED) is 0.226. The van der Waals surface area contributed by atoms with Crippen LogP contribution in [0.4, 0.5) is 5.13 Å². The molecule has 1 atom stereocenters. The van der Waals surface area contributed by atoms with E-state index >= 15 is 0 Å². The summed E-state index contributed by atoms with van der Waals surface area (Å²) in [5.74, 6) is -0.0487. The number of benzene rings is 3. The molecule has 1 N–H and O–H groups in total. The van der Waals surface area contributed by atoms with Crippen molar-refractivity contribution < 1.29 is 28.9 Å². The average Bonchev–Trinajstić information content (AvgIpc) is 3.45. The van der Waals surface area contributed by atoms with Gasteiger partial charge in [0, 0.05) is 5.56 Å². The van der Waals surface area contributed by atoms with E-state index < -0.39 is 17.7 Å². The topological polar surface area (TPSA) is 98.2 Å². The normalized spacial score (nSPS) is 17.0. The highest BCUT2D eigenvalue weighted by Gasteiger charge is 2.48. The largest absolute Gasteiger partial charge is 0.507 e. The first-order valence-corrected chi connectivity index (χ1v) is 11.8. The Bertz CT molecular complexity index is 1510. The van der Waals surface area contributed by atoms with E-state index in [1.807, 2.05) is 6.07 Å². The van der Waals surface area contributed by atoms with E-state index in [4.69, 9.17) is 14.2 Å². The number of carbonyl (C=O) groups is 2. The summed E-state index contributed by atoms with van der Waals surface area (Å²) in [6, 6.07) is 18.2. The van der Waals surface area contributed by atoms with Crippen molar-refractivity contribution >= 4 is 44.1 Å². The van der Waals surface area contributed by atoms with Crippen LogP contribution in [0.1, 0.15) is 17.2 Å². The van der Waals surface area contributed by atoms with Crippen LogP contribution in [0.5, 0.6) is 17.2 Å². The standard InChI is InChI=1S/C27H22N2O6S/c1-33-17-9-7-15(8-10-17)24(30)22-23(16-5-4-6-18(13-16)34-2)29(26(32)25(22)31)27-28-20-12-11-19(35-3)14-21(20)36-27/h4-14,23,30H,1-3H3/b24-22+/t23-/m0/s1. The molecule has 1 saturated heterocycles. The predicted octanol–water partition coefficient (Wildman–Crippen LogP) is 4.95. The van der Waals surface area contributed by atoms with Crippen molar-refractivity contribution in [1.82, 2.24) is 4.98 Å². The molecule has 0 radical (unpaired) electrons. The Morgan fingerprint density at radius 2 is 1.56 bits per heavy atom. The number of aliphatic hydroxyl groups excluding tert-OH is 1. The summed E-state index contributed by atoms with van der Waals surface area (Å²) < 4.78 is 16.7. The summed E-state index contributed by atoms with van der Waals surface area (Å²) in [6.45, 7) is 0. The maximum atomic E-state index is 13.4. The Hall–Kier alpha value is -4.37. The maximum Gasteiger partial charge on any atom is 0.301 e. The van der Waals surface area contributed by atoms with Crippen LogP contribution < -0.4 is 19.1 Å². The number of fused-ring (bicyclic) bond motifs is 1. The molecule has 36 heavy (non-hydrogen) atoms. The zero-order chi connectivity index (χ0) is 25.4. The molecule has 8 nitrogen and oxygen atoms in total. The number of aliphatic hydroxyl groups is 1. The van der Waals surface area contributed by atoms with E-state index in [9.17, 15) is 14.7 Å². The van der Waals surface area contributed by atoms with Gasteiger partial charge in [-0.15, -0.1) is 0 Å². The third-order valence-corrected chi connectivity index (χ3v) is 7.03. The van der Waals surface area contributed by atoms with E-state index in [0.29, 0.717) is 39.0 Å². The van der Waals surface area contributed by atoms with Crippen LogP contribution in [0.2, 0.25) is 0 Å². The molecule has 1 amide bonds. The minimum absolute atomic E-state index is 0.0322. The highest BCUT2D eigenvalue weighted by molar-refractivity contribution is 7.22. The Kier molecular flexibility index (Phi) is 6.07. The summed E-state index contributed by atoms with van der Waals surface area (Å²) >= 11 is 1.26. The zero-order valence-corrected chi connectivity index (χ0v) is 20.5. The summed E-state index contributed by atoms with van der Waals surface area (Å²) in [5, 5.41) is 11.6. The molecule has 9 heteroatoms. The number of methoxy groups -OCH3 is 3. The highest BCUT2D eigenvalue weighted by atomic mass is 32.1. The summed E-state index contributed by atoms with van der Waals surface area (Å²) in [7, 11) is 4.65. The monoisotopic (exact) mass is 502 g/mol. The van der Waals surface area contributed by atoms with Gasteiger partial charge in [0.1, 0.15) is 23.0 Å². The van der Waals surface area contributed by atoms with Crippen LogP contribution >= 0.6 is 11.3 Å². The van der Waals surface area contributed by atoms with Crippen molar-refractivity contribution in [2.75, 3.05) is 26.2 Å². The van der Waals surface area contributed by atoms with Crippen molar-refractivity contribution in [3.63, 3.8) is 0 Å². The molecule has 0 spiro atoms. The first-order valence-electron chi connectivity index (χ1n) is 11.0. The Morgan fingerprint density at radius 1 is 0.889 bits per heavy atom. The first-order chi connectivity index (χ1) is 17.4. The van der Waals surface area contributed by atoms with E-state index in [2.05, 4.69) is 4.98 Å². The summed E-state index contributed by atoms with van der Waals surface area (Å²) in [6.07, 6.45) is 0. The minimum Gasteiger partial charge on any atom is -0.507 e. The molecule has 1 fully saturated rings. The summed E-state index contributed by atoms with van der Waals surface area (Å²) in [5.41, 5.74) is 1.61. The first kappa shape index (κ1) is 23.4. The molecule has 2 heterocycles. The lowest BCUT2D eigenvalue weighted by molar-refractivity contribution is -0.132. The second kappa shape index (κ2) is 9.35. The lowest BCUT2D eigenvalue weighted by Crippen LogP contribution is -2.29. The van der Waals surface area contributed by atoms with Crippen molar-refractivity contribution in [2.24, 2.45) is 0 Å². The molecule has 0 aliphatic carbocycles. The number of thiazole rings is 1. The van der Waals surface area contributed by atoms with E-state index in [1.165, 1.54) is 30.5 Å². The van der Waals surface area contributed by atoms with Crippen LogP contribution in [-0.4, -0.2) is 43.1 Å². The SMILES string of the molecule is COc1ccc(/C(O)=C2\C(=O)C(=O)N(c3nc4ccc(OC)cc4s3)[C@H]2c2cccc(OC)c2)cc1. The number of amides is 1. The van der Waals surface area contributed by atoms with Crippen molar-refractivity contribution in [2.45, 2.75) is 6.04 Å². The Balaban J connectivity index is 1.71. The van der Waals surface area contributed by atoms with Crippen molar-refractivity contribution in [1.29, 1.82) is 0 Å². The van der Waals surface area contributed by atoms with Gasteiger partial charge in [-0.05, 0) is 60.2 Å². The Labute approximate surface area is 211 Å². The fraction of sp³-hybridized carbons (Fsp3) is 0.148. The lowest BCUT2D eigenvalue weighted by Gasteiger charge is -2.23. The van der Waals surface area contributed by atoms with Gasteiger partial charge < -0.3 is 19.3 Å². The molecule has 1 aromatic heterocycles. The highest BCUT2D eigenvalue weighted by Crippen LogP contribution is 2.45. The number of hydrogen-bond donors (Lipinski definition) is 1. The zero-order valence-electron chi connectivity index (χ0n) is 19.7. The second-order valence-corrected chi connectivity index (χ2v) is 9.01. The molecule has 0 saturated carbocycles. The smallest absolute Gasteiger partial charge is 0.301 e. The van der Waals surface area contributed by atoms with Crippen molar-refractivity contribution in [3.8, 4) is 17.2 Å². The van der Waals surface area contributed by atoms with Gasteiger partial charge >= 0.3 is 5.91 Å². The van der Waals surface area contributed by atoms with Gasteiger partial charge in [-0.25, -0.2) is 4.98 Å². The number of carbonyl (C=O) groups excluding carboxylic acids is 2. The van der Waals surface area contributed by atoms with E-state index in [1.54, 1.807) is 67.8 Å². The summed E-state index contributed by atoms with van der Waals surface area (Å²) in [4.78, 5) is 32.7. The molecule has 5 rings (SSSR count). The molecular formula is C27H22N2O6S. The number of rotatable bonds is 6. The third kappa shape index (κ3) is 3.93. The van der Waals surface area contributed by atoms with Gasteiger partial charge in [0.15, 0.2) is 5.13 Å². The van der Waals surface area contributed by atoms with Crippen LogP contribution in [0.15, 0.2) is 72.3 Å². The average molecular weight is 503 g/mol. The molecule has 182 valence electrons. The van der Waals surface area contributed by atoms with Gasteiger partial charge in [-0.1, -0.05) is 23.5 Å². The minimum atomic E-state index is -0.912. The van der Waals surface area contributed by atoms with Gasteiger partial charge in [0.25, 0.3) is 5.78 Å². The molecule has 0 bridgehead atoms. The van der Waals surface area contributed by atoms with Crippen LogP contribution in [0, 0.1) is 0 Å². The molecule has 1 aliphatic rings. The maximum absolute atomic E-state index is 13.4. The lowest BCUT2D eigenvalue weighted by atomic mass is 9.95. The van der Waals surface area contributed by atoms with Crippen LogP contribution in [0.3, 0.4) is 0 Å². The molecular weight excluding hydrogens is 480 g/mol. The number of ketones is 1. The fourth-order valence-electron chi connectivity index (χ4n) is 4.18. The Morgan fingerprint density at radius 3 is 2.25 bits per heavy atom. The number of anilines is 1. The van der Waals surface area contributed by atoms with E-state index in [0.717, 1.165) is 4.70 Å². The number of hydrogen-bond acceptors (Lipinski definition) is 8. The number of Topliss-reactive ketones (excluding diaryl/α,β-unsaturated/α-hetero) is 1. The molecule has 0 unspecified atom stereocenters. The third-order valence-electron chi connectivity index (χ3n) is 6.01. The number of aromatic nitrogens is 1. The fourth-order valence-corrected chi connectivity index (χ4v) is 5.20. The molecule has 1 aliphatic heterocycles. The van der Waals surface area contributed by atoms with E-state index in [-0.39, 0.29) is 11.3 Å².